The third-order valence-electron chi connectivity index (χ3n) is 3.28. The van der Waals surface area contributed by atoms with Crippen molar-refractivity contribution in [2.75, 3.05) is 7.05 Å². The number of hydrogen-bond acceptors (Lipinski definition) is 1. The van der Waals surface area contributed by atoms with Gasteiger partial charge in [0.25, 0.3) is 0 Å². The molecular weight excluding hydrogens is 244 g/mol. The van der Waals surface area contributed by atoms with Gasteiger partial charge in [-0.15, -0.1) is 0 Å². The summed E-state index contributed by atoms with van der Waals surface area (Å²) in [5.41, 5.74) is 2.66. The normalized spacial score (nSPS) is 12.5. The number of rotatable bonds is 3. The first-order chi connectivity index (χ1) is 9.04. The average Bonchev–Trinajstić information content (AvgIpc) is 2.40. The van der Waals surface area contributed by atoms with Crippen molar-refractivity contribution in [2.24, 2.45) is 0 Å². The number of aryl methyl sites for hydroxylation is 2. The second-order valence-corrected chi connectivity index (χ2v) is 4.74. The maximum Gasteiger partial charge on any atom is 0.164 e. The highest BCUT2D eigenvalue weighted by molar-refractivity contribution is 5.36. The average molecular weight is 261 g/mol. The van der Waals surface area contributed by atoms with Crippen LogP contribution in [-0.2, 0) is 0 Å². The summed E-state index contributed by atoms with van der Waals surface area (Å²) in [4.78, 5) is 0. The molecule has 19 heavy (non-hydrogen) atoms. The van der Waals surface area contributed by atoms with Crippen molar-refractivity contribution in [3.05, 3.63) is 70.3 Å². The van der Waals surface area contributed by atoms with Crippen molar-refractivity contribution < 1.29 is 8.78 Å². The van der Waals surface area contributed by atoms with Gasteiger partial charge in [-0.3, -0.25) is 0 Å². The van der Waals surface area contributed by atoms with E-state index in [1.807, 2.05) is 31.2 Å². The highest BCUT2D eigenvalue weighted by atomic mass is 19.2. The fourth-order valence-corrected chi connectivity index (χ4v) is 2.24. The van der Waals surface area contributed by atoms with E-state index in [9.17, 15) is 8.78 Å². The molecule has 1 N–H and O–H groups in total. The predicted molar refractivity (Wildman–Crippen MR) is 73.2 cm³/mol. The zero-order valence-electron chi connectivity index (χ0n) is 11.3. The van der Waals surface area contributed by atoms with Crippen LogP contribution in [0.25, 0.3) is 0 Å². The maximum absolute atomic E-state index is 14.1. The largest absolute Gasteiger partial charge is 0.309 e. The molecule has 0 saturated carbocycles. The summed E-state index contributed by atoms with van der Waals surface area (Å²) in [5, 5.41) is 3.04. The summed E-state index contributed by atoms with van der Waals surface area (Å²) >= 11 is 0. The van der Waals surface area contributed by atoms with E-state index in [0.717, 1.165) is 11.1 Å². The Labute approximate surface area is 112 Å². The Morgan fingerprint density at radius 2 is 1.74 bits per heavy atom. The summed E-state index contributed by atoms with van der Waals surface area (Å²) in [7, 11) is 1.74. The molecule has 3 heteroatoms. The lowest BCUT2D eigenvalue weighted by Crippen LogP contribution is -2.19. The van der Waals surface area contributed by atoms with Crippen LogP contribution in [0.1, 0.15) is 28.3 Å². The van der Waals surface area contributed by atoms with Crippen LogP contribution in [0.2, 0.25) is 0 Å². The number of benzene rings is 2. The Morgan fingerprint density at radius 3 is 2.37 bits per heavy atom. The smallest absolute Gasteiger partial charge is 0.164 e. The Morgan fingerprint density at radius 1 is 1.00 bits per heavy atom. The molecule has 0 aliphatic heterocycles. The molecule has 0 heterocycles. The van der Waals surface area contributed by atoms with E-state index >= 15 is 0 Å². The van der Waals surface area contributed by atoms with Crippen LogP contribution in [0.4, 0.5) is 8.78 Å². The van der Waals surface area contributed by atoms with E-state index < -0.39 is 11.6 Å². The van der Waals surface area contributed by atoms with E-state index in [1.54, 1.807) is 26.1 Å². The fraction of sp³-hybridized carbons (Fsp3) is 0.250. The second-order valence-electron chi connectivity index (χ2n) is 4.74. The van der Waals surface area contributed by atoms with Crippen molar-refractivity contribution in [1.82, 2.24) is 5.32 Å². The lowest BCUT2D eigenvalue weighted by molar-refractivity contribution is 0.482. The van der Waals surface area contributed by atoms with Gasteiger partial charge in [0.2, 0.25) is 0 Å². The van der Waals surface area contributed by atoms with Gasteiger partial charge in [-0.05, 0) is 32.0 Å². The van der Waals surface area contributed by atoms with Crippen LogP contribution < -0.4 is 5.32 Å². The molecule has 2 rings (SSSR count). The third-order valence-corrected chi connectivity index (χ3v) is 3.28. The zero-order valence-corrected chi connectivity index (χ0v) is 11.3. The molecule has 0 bridgehead atoms. The molecule has 100 valence electrons. The number of nitrogens with one attached hydrogen (secondary N) is 1. The van der Waals surface area contributed by atoms with Gasteiger partial charge in [0.1, 0.15) is 0 Å². The monoisotopic (exact) mass is 261 g/mol. The van der Waals surface area contributed by atoms with Crippen LogP contribution in [0.15, 0.2) is 36.4 Å². The third kappa shape index (κ3) is 2.66. The maximum atomic E-state index is 14.1. The molecular formula is C16H17F2N. The number of hydrogen-bond donors (Lipinski definition) is 1. The van der Waals surface area contributed by atoms with Crippen LogP contribution >= 0.6 is 0 Å². The predicted octanol–water partition coefficient (Wildman–Crippen LogP) is 3.89. The number of halogens is 2. The minimum absolute atomic E-state index is 0.320. The Kier molecular flexibility index (Phi) is 3.96. The van der Waals surface area contributed by atoms with Crippen LogP contribution in [0.5, 0.6) is 0 Å². The first kappa shape index (κ1) is 13.7. The van der Waals surface area contributed by atoms with Gasteiger partial charge in [0.05, 0.1) is 6.04 Å². The van der Waals surface area contributed by atoms with Crippen LogP contribution in [0, 0.1) is 25.5 Å². The molecule has 2 aromatic rings. The second kappa shape index (κ2) is 5.49. The van der Waals surface area contributed by atoms with E-state index in [4.69, 9.17) is 0 Å². The van der Waals surface area contributed by atoms with Gasteiger partial charge in [-0.1, -0.05) is 42.0 Å². The van der Waals surface area contributed by atoms with Crippen LogP contribution in [-0.4, -0.2) is 7.05 Å². The van der Waals surface area contributed by atoms with Crippen LogP contribution in [0.3, 0.4) is 0 Å². The first-order valence-electron chi connectivity index (χ1n) is 6.23. The zero-order chi connectivity index (χ0) is 14.0. The summed E-state index contributed by atoms with van der Waals surface area (Å²) in [6.07, 6.45) is 0. The molecule has 0 fully saturated rings. The van der Waals surface area contributed by atoms with E-state index in [2.05, 4.69) is 5.32 Å². The fourth-order valence-electron chi connectivity index (χ4n) is 2.24. The Hall–Kier alpha value is -1.74. The Bertz CT molecular complexity index is 593. The minimum atomic E-state index is -0.777. The molecule has 0 spiro atoms. The van der Waals surface area contributed by atoms with E-state index in [-0.39, 0.29) is 6.04 Å². The van der Waals surface area contributed by atoms with E-state index in [1.165, 1.54) is 0 Å². The summed E-state index contributed by atoms with van der Waals surface area (Å²) in [6.45, 7) is 3.53. The van der Waals surface area contributed by atoms with Crippen molar-refractivity contribution >= 4 is 0 Å². The molecule has 1 unspecified atom stereocenters. The highest BCUT2D eigenvalue weighted by Gasteiger charge is 2.19. The molecule has 0 aliphatic rings. The van der Waals surface area contributed by atoms with Gasteiger partial charge in [-0.2, -0.15) is 0 Å². The topological polar surface area (TPSA) is 12.0 Å². The van der Waals surface area contributed by atoms with Crippen molar-refractivity contribution in [3.63, 3.8) is 0 Å². The molecule has 0 aromatic heterocycles. The highest BCUT2D eigenvalue weighted by Crippen LogP contribution is 2.27. The SMILES string of the molecule is CNC(c1cccc(C)c1)c1ccc(C)c(F)c1F. The molecule has 0 amide bonds. The van der Waals surface area contributed by atoms with Crippen molar-refractivity contribution in [3.8, 4) is 0 Å². The molecule has 0 radical (unpaired) electrons. The summed E-state index contributed by atoms with van der Waals surface area (Å²) < 4.78 is 27.8. The molecule has 1 atom stereocenters. The lowest BCUT2D eigenvalue weighted by atomic mass is 9.96. The van der Waals surface area contributed by atoms with Crippen molar-refractivity contribution in [1.29, 1.82) is 0 Å². The van der Waals surface area contributed by atoms with E-state index in [0.29, 0.717) is 11.1 Å². The Balaban J connectivity index is 2.51. The first-order valence-corrected chi connectivity index (χ1v) is 6.23. The summed E-state index contributed by atoms with van der Waals surface area (Å²) in [6, 6.07) is 10.7. The molecule has 0 saturated heterocycles. The minimum Gasteiger partial charge on any atom is -0.309 e. The lowest BCUT2D eigenvalue weighted by Gasteiger charge is -2.19. The molecule has 0 aliphatic carbocycles. The van der Waals surface area contributed by atoms with Crippen molar-refractivity contribution in [2.45, 2.75) is 19.9 Å². The summed E-state index contributed by atoms with van der Waals surface area (Å²) in [5.74, 6) is -1.55. The van der Waals surface area contributed by atoms with Gasteiger partial charge in [0, 0.05) is 5.56 Å². The standard InChI is InChI=1S/C16H17F2N/c1-10-5-4-6-12(9-10)16(19-3)13-8-7-11(2)14(17)15(13)18/h4-9,16,19H,1-3H3. The van der Waals surface area contributed by atoms with Gasteiger partial charge >= 0.3 is 0 Å². The molecule has 1 nitrogen and oxygen atoms in total. The molecule has 2 aromatic carbocycles. The van der Waals surface area contributed by atoms with Gasteiger partial charge in [-0.25, -0.2) is 8.78 Å². The van der Waals surface area contributed by atoms with Gasteiger partial charge < -0.3 is 5.32 Å². The van der Waals surface area contributed by atoms with Gasteiger partial charge in [0.15, 0.2) is 11.6 Å². The quantitative estimate of drug-likeness (QED) is 0.883.